The molecule has 0 spiro atoms. The van der Waals surface area contributed by atoms with Gasteiger partial charge in [0.15, 0.2) is 11.6 Å². The third kappa shape index (κ3) is 9.42. The molecule has 0 saturated carbocycles. The Morgan fingerprint density at radius 1 is 1.07 bits per heavy atom. The van der Waals surface area contributed by atoms with Crippen molar-refractivity contribution in [3.8, 4) is 5.75 Å². The van der Waals surface area contributed by atoms with Gasteiger partial charge >= 0.3 is 5.97 Å². The molecule has 0 aliphatic heterocycles. The molecule has 12 heteroatoms. The van der Waals surface area contributed by atoms with Crippen LogP contribution in [0, 0.1) is 11.7 Å². The van der Waals surface area contributed by atoms with Crippen LogP contribution in [0.4, 0.5) is 4.39 Å². The van der Waals surface area contributed by atoms with Gasteiger partial charge in [-0.15, -0.1) is 0 Å². The normalized spacial score (nSPS) is 12.4. The molecule has 0 unspecified atom stereocenters. The highest BCUT2D eigenvalue weighted by molar-refractivity contribution is 6.31. The van der Waals surface area contributed by atoms with Gasteiger partial charge in [0, 0.05) is 21.7 Å². The van der Waals surface area contributed by atoms with Gasteiger partial charge in [-0.2, -0.15) is 0 Å². The van der Waals surface area contributed by atoms with Gasteiger partial charge in [0.05, 0.1) is 26.6 Å². The highest BCUT2D eigenvalue weighted by atomic mass is 35.5. The Labute approximate surface area is 236 Å². The lowest BCUT2D eigenvalue weighted by Gasteiger charge is -2.25. The summed E-state index contributed by atoms with van der Waals surface area (Å²) in [7, 11) is 1.42. The van der Waals surface area contributed by atoms with Crippen LogP contribution in [0.25, 0.3) is 0 Å². The van der Waals surface area contributed by atoms with E-state index in [1.165, 1.54) is 38.3 Å². The Kier molecular flexibility index (Phi) is 12.2. The molecular formula is C28H32ClFN2O8. The van der Waals surface area contributed by atoms with Crippen LogP contribution < -0.4 is 15.4 Å². The van der Waals surface area contributed by atoms with Crippen molar-refractivity contribution in [2.24, 2.45) is 5.92 Å². The number of carboxylic acids is 1. The monoisotopic (exact) mass is 578 g/mol. The minimum absolute atomic E-state index is 0.0313. The number of methoxy groups -OCH3 is 1. The smallest absolute Gasteiger partial charge is 0.305 e. The summed E-state index contributed by atoms with van der Waals surface area (Å²) in [5.74, 6) is -4.32. The van der Waals surface area contributed by atoms with Crippen molar-refractivity contribution in [2.75, 3.05) is 13.7 Å². The number of benzene rings is 2. The van der Waals surface area contributed by atoms with E-state index in [-0.39, 0.29) is 29.4 Å². The number of carbonyl (C=O) groups is 5. The predicted molar refractivity (Wildman–Crippen MR) is 144 cm³/mol. The molecule has 2 atom stereocenters. The second kappa shape index (κ2) is 15.1. The summed E-state index contributed by atoms with van der Waals surface area (Å²) in [6, 6.07) is 6.13. The van der Waals surface area contributed by atoms with E-state index in [4.69, 9.17) is 21.1 Å². The minimum atomic E-state index is -1.47. The molecule has 0 aliphatic rings. The van der Waals surface area contributed by atoms with Crippen LogP contribution in [0.1, 0.15) is 48.7 Å². The third-order valence-corrected chi connectivity index (χ3v) is 6.29. The van der Waals surface area contributed by atoms with Crippen LogP contribution in [0.3, 0.4) is 0 Å². The summed E-state index contributed by atoms with van der Waals surface area (Å²) in [4.78, 5) is 61.8. The second-order valence-corrected chi connectivity index (χ2v) is 9.77. The number of aliphatic carboxylic acids is 1. The van der Waals surface area contributed by atoms with E-state index >= 15 is 0 Å². The fraction of sp³-hybridized carbons (Fsp3) is 0.393. The summed E-state index contributed by atoms with van der Waals surface area (Å²) in [6.07, 6.45) is -0.938. The fourth-order valence-corrected chi connectivity index (χ4v) is 3.99. The summed E-state index contributed by atoms with van der Waals surface area (Å²) >= 11 is 5.94. The molecule has 0 saturated heterocycles. The number of nitrogens with one attached hydrogen (secondary N) is 2. The van der Waals surface area contributed by atoms with Crippen LogP contribution >= 0.6 is 11.6 Å². The summed E-state index contributed by atoms with van der Waals surface area (Å²) in [5, 5.41) is 14.4. The summed E-state index contributed by atoms with van der Waals surface area (Å²) in [5.41, 5.74) is 0.849. The van der Waals surface area contributed by atoms with Crippen molar-refractivity contribution in [1.82, 2.24) is 10.6 Å². The Morgan fingerprint density at radius 2 is 1.77 bits per heavy atom. The molecule has 0 fully saturated rings. The first kappa shape index (κ1) is 32.4. The van der Waals surface area contributed by atoms with Gasteiger partial charge in [0.25, 0.3) is 0 Å². The lowest BCUT2D eigenvalue weighted by molar-refractivity contribution is -0.141. The van der Waals surface area contributed by atoms with Gasteiger partial charge in [-0.3, -0.25) is 24.0 Å². The van der Waals surface area contributed by atoms with Crippen molar-refractivity contribution in [1.29, 1.82) is 0 Å². The molecule has 2 amide bonds. The van der Waals surface area contributed by atoms with Crippen LogP contribution in [0.15, 0.2) is 36.4 Å². The highest BCUT2D eigenvalue weighted by Crippen LogP contribution is 2.22. The molecule has 2 aromatic carbocycles. The highest BCUT2D eigenvalue weighted by Gasteiger charge is 2.30. The number of ether oxygens (including phenoxy) is 2. The number of Topliss-reactive ketones (excluding diaryl/α,β-unsaturated/α-hetero) is 2. The lowest BCUT2D eigenvalue weighted by atomic mass is 10.0. The zero-order valence-electron chi connectivity index (χ0n) is 22.6. The number of hydrogen-bond acceptors (Lipinski definition) is 7. The standard InChI is InChI=1S/C28H32ClFN2O8/c1-15(2)27(32-25(35)11-18-10-17(16(3)33)8-9-24(18)39-4)28(38)31-22(12-26(36)37)23(34)14-40-13-19-20(29)6-5-7-21(19)30/h5-10,15,22,27H,11-14H2,1-4H3,(H,31,38)(H,32,35)(H,36,37)/t22-,27-/m0/s1. The summed E-state index contributed by atoms with van der Waals surface area (Å²) in [6.45, 7) is 3.76. The van der Waals surface area contributed by atoms with Gasteiger partial charge in [0.1, 0.15) is 30.3 Å². The molecule has 216 valence electrons. The van der Waals surface area contributed by atoms with Crippen LogP contribution in [-0.4, -0.2) is 60.3 Å². The molecular weight excluding hydrogens is 547 g/mol. The number of hydrogen-bond donors (Lipinski definition) is 3. The van der Waals surface area contributed by atoms with E-state index in [1.54, 1.807) is 26.0 Å². The van der Waals surface area contributed by atoms with Gasteiger partial charge in [-0.05, 0) is 43.2 Å². The van der Waals surface area contributed by atoms with E-state index in [1.807, 2.05) is 0 Å². The van der Waals surface area contributed by atoms with Crippen LogP contribution in [0.5, 0.6) is 5.75 Å². The Hall–Kier alpha value is -3.83. The van der Waals surface area contributed by atoms with E-state index in [0.717, 1.165) is 0 Å². The predicted octanol–water partition coefficient (Wildman–Crippen LogP) is 3.12. The van der Waals surface area contributed by atoms with Gasteiger partial charge in [-0.25, -0.2) is 4.39 Å². The molecule has 40 heavy (non-hydrogen) atoms. The van der Waals surface area contributed by atoms with Crippen LogP contribution in [0.2, 0.25) is 5.02 Å². The maximum atomic E-state index is 13.9. The Bertz CT molecular complexity index is 1250. The van der Waals surface area contributed by atoms with Crippen molar-refractivity contribution < 1.29 is 42.9 Å². The molecule has 2 aromatic rings. The van der Waals surface area contributed by atoms with E-state index in [2.05, 4.69) is 10.6 Å². The Balaban J connectivity index is 2.09. The van der Waals surface area contributed by atoms with Crippen LogP contribution in [-0.2, 0) is 36.9 Å². The third-order valence-electron chi connectivity index (χ3n) is 5.94. The number of ketones is 2. The van der Waals surface area contributed by atoms with Crippen molar-refractivity contribution in [2.45, 2.75) is 52.3 Å². The first-order valence-corrected chi connectivity index (χ1v) is 12.7. The summed E-state index contributed by atoms with van der Waals surface area (Å²) < 4.78 is 24.5. The van der Waals surface area contributed by atoms with Crippen molar-refractivity contribution in [3.05, 3.63) is 63.9 Å². The average Bonchev–Trinajstić information content (AvgIpc) is 2.87. The molecule has 0 heterocycles. The Morgan fingerprint density at radius 3 is 2.35 bits per heavy atom. The molecule has 0 aliphatic carbocycles. The van der Waals surface area contributed by atoms with E-state index < -0.39 is 60.4 Å². The second-order valence-electron chi connectivity index (χ2n) is 9.37. The topological polar surface area (TPSA) is 148 Å². The quantitative estimate of drug-likeness (QED) is 0.273. The number of amides is 2. The zero-order chi connectivity index (χ0) is 30.0. The molecule has 3 N–H and O–H groups in total. The van der Waals surface area contributed by atoms with E-state index in [0.29, 0.717) is 16.9 Å². The van der Waals surface area contributed by atoms with Gasteiger partial charge < -0.3 is 25.2 Å². The molecule has 0 bridgehead atoms. The molecule has 10 nitrogen and oxygen atoms in total. The first-order valence-electron chi connectivity index (χ1n) is 12.4. The SMILES string of the molecule is COc1ccc(C(C)=O)cc1CC(=O)N[C@H](C(=O)N[C@@H](CC(=O)O)C(=O)COCc1c(F)cccc1Cl)C(C)C. The van der Waals surface area contributed by atoms with Crippen molar-refractivity contribution in [3.63, 3.8) is 0 Å². The molecule has 0 aromatic heterocycles. The lowest BCUT2D eigenvalue weighted by Crippen LogP contribution is -2.54. The zero-order valence-corrected chi connectivity index (χ0v) is 23.3. The minimum Gasteiger partial charge on any atom is -0.496 e. The van der Waals surface area contributed by atoms with Gasteiger partial charge in [0.2, 0.25) is 11.8 Å². The largest absolute Gasteiger partial charge is 0.496 e. The van der Waals surface area contributed by atoms with Gasteiger partial charge in [-0.1, -0.05) is 31.5 Å². The number of halogens is 2. The fourth-order valence-electron chi connectivity index (χ4n) is 3.77. The molecule has 0 radical (unpaired) electrons. The first-order chi connectivity index (χ1) is 18.8. The van der Waals surface area contributed by atoms with Crippen molar-refractivity contribution >= 4 is 41.0 Å². The number of rotatable bonds is 15. The van der Waals surface area contributed by atoms with E-state index in [9.17, 15) is 33.5 Å². The molecule has 2 rings (SSSR count). The average molecular weight is 579 g/mol. The maximum absolute atomic E-state index is 13.9. The maximum Gasteiger partial charge on any atom is 0.305 e. The number of carboxylic acid groups (broad SMARTS) is 1. The number of carbonyl (C=O) groups excluding carboxylic acids is 4.